The molecule has 0 unspecified atom stereocenters. The first-order valence-corrected chi connectivity index (χ1v) is 7.27. The van der Waals surface area contributed by atoms with Crippen LogP contribution >= 0.6 is 23.6 Å². The molecule has 0 saturated carbocycles. The zero-order valence-corrected chi connectivity index (χ0v) is 11.7. The summed E-state index contributed by atoms with van der Waals surface area (Å²) in [5, 5.41) is 7.32. The number of rotatable bonds is 3. The van der Waals surface area contributed by atoms with E-state index in [0.29, 0.717) is 0 Å². The molecule has 0 aromatic carbocycles. The first-order chi connectivity index (χ1) is 8.31. The number of aromatic nitrogens is 1. The lowest BCUT2D eigenvalue weighted by atomic mass is 10.3. The van der Waals surface area contributed by atoms with Crippen molar-refractivity contribution in [2.75, 3.05) is 37.6 Å². The Balaban J connectivity index is 1.80. The van der Waals surface area contributed by atoms with Crippen LogP contribution in [0.3, 0.4) is 0 Å². The highest BCUT2D eigenvalue weighted by Gasteiger charge is 2.19. The molecule has 0 spiro atoms. The van der Waals surface area contributed by atoms with E-state index in [2.05, 4.69) is 27.0 Å². The summed E-state index contributed by atoms with van der Waals surface area (Å²) in [6.45, 7) is 7.08. The lowest BCUT2D eigenvalue weighted by Gasteiger charge is -2.36. The first-order valence-electron chi connectivity index (χ1n) is 5.98. The Bertz CT molecular complexity index is 344. The quantitative estimate of drug-likeness (QED) is 0.842. The Kier molecular flexibility index (Phi) is 4.56. The number of nitrogens with one attached hydrogen (secondary N) is 1. The molecule has 2 rings (SSSR count). The zero-order valence-electron chi connectivity index (χ0n) is 10.1. The molecule has 6 heteroatoms. The number of hydrogen-bond acceptors (Lipinski definition) is 4. The van der Waals surface area contributed by atoms with Gasteiger partial charge in [0.15, 0.2) is 10.2 Å². The highest BCUT2D eigenvalue weighted by molar-refractivity contribution is 7.80. The maximum absolute atomic E-state index is 5.36. The summed E-state index contributed by atoms with van der Waals surface area (Å²) in [5.74, 6) is 0. The molecular weight excluding hydrogens is 252 g/mol. The molecule has 1 aliphatic rings. The number of thiocarbonyl (C=S) groups is 1. The number of piperazine rings is 1. The molecule has 1 fully saturated rings. The molecule has 1 aromatic rings. The predicted molar refractivity (Wildman–Crippen MR) is 76.8 cm³/mol. The van der Waals surface area contributed by atoms with E-state index in [0.717, 1.165) is 49.4 Å². The van der Waals surface area contributed by atoms with Crippen LogP contribution in [0.25, 0.3) is 0 Å². The highest BCUT2D eigenvalue weighted by Crippen LogP contribution is 2.18. The molecule has 0 radical (unpaired) electrons. The Labute approximate surface area is 112 Å². The van der Waals surface area contributed by atoms with E-state index in [9.17, 15) is 0 Å². The van der Waals surface area contributed by atoms with E-state index < -0.39 is 0 Å². The number of thiazole rings is 1. The standard InChI is InChI=1S/C11H18N4S2/c1-2-3-12-10(16)14-5-7-15(8-6-14)11-13-4-9-17-11/h4,9H,2-3,5-8H2,1H3,(H,12,16). The maximum Gasteiger partial charge on any atom is 0.185 e. The maximum atomic E-state index is 5.36. The molecule has 1 N–H and O–H groups in total. The number of anilines is 1. The van der Waals surface area contributed by atoms with Crippen LogP contribution in [0.5, 0.6) is 0 Å². The van der Waals surface area contributed by atoms with Crippen molar-refractivity contribution in [3.8, 4) is 0 Å². The van der Waals surface area contributed by atoms with Gasteiger partial charge in [0.25, 0.3) is 0 Å². The minimum Gasteiger partial charge on any atom is -0.363 e. The summed E-state index contributed by atoms with van der Waals surface area (Å²) >= 11 is 7.06. The normalized spacial score (nSPS) is 16.1. The molecule has 1 aromatic heterocycles. The number of hydrogen-bond donors (Lipinski definition) is 1. The molecule has 0 atom stereocenters. The average Bonchev–Trinajstić information content (AvgIpc) is 2.90. The van der Waals surface area contributed by atoms with Gasteiger partial charge >= 0.3 is 0 Å². The van der Waals surface area contributed by atoms with Crippen molar-refractivity contribution in [2.24, 2.45) is 0 Å². The summed E-state index contributed by atoms with van der Waals surface area (Å²) in [6.07, 6.45) is 2.97. The first kappa shape index (κ1) is 12.6. The lowest BCUT2D eigenvalue weighted by Crippen LogP contribution is -2.51. The molecule has 1 aliphatic heterocycles. The van der Waals surface area contributed by atoms with Gasteiger partial charge in [-0.1, -0.05) is 6.92 Å². The summed E-state index contributed by atoms with van der Waals surface area (Å²) in [4.78, 5) is 8.91. The Morgan fingerprint density at radius 2 is 2.24 bits per heavy atom. The van der Waals surface area contributed by atoms with Gasteiger partial charge in [-0.2, -0.15) is 0 Å². The van der Waals surface area contributed by atoms with Crippen molar-refractivity contribution in [1.82, 2.24) is 15.2 Å². The minimum atomic E-state index is 0.894. The third kappa shape index (κ3) is 3.29. The summed E-state index contributed by atoms with van der Waals surface area (Å²) < 4.78 is 0. The van der Waals surface area contributed by atoms with Gasteiger partial charge in [-0.25, -0.2) is 4.98 Å². The van der Waals surface area contributed by atoms with Crippen LogP contribution in [0, 0.1) is 0 Å². The van der Waals surface area contributed by atoms with Crippen molar-refractivity contribution in [3.05, 3.63) is 11.6 Å². The fourth-order valence-corrected chi connectivity index (χ4v) is 2.80. The molecule has 0 aliphatic carbocycles. The molecular formula is C11H18N4S2. The highest BCUT2D eigenvalue weighted by atomic mass is 32.1. The minimum absolute atomic E-state index is 0.894. The van der Waals surface area contributed by atoms with E-state index in [1.54, 1.807) is 11.3 Å². The van der Waals surface area contributed by atoms with Gasteiger partial charge in [-0.3, -0.25) is 0 Å². The SMILES string of the molecule is CCCNC(=S)N1CCN(c2nccs2)CC1. The largest absolute Gasteiger partial charge is 0.363 e. The topological polar surface area (TPSA) is 31.4 Å². The van der Waals surface area contributed by atoms with Gasteiger partial charge < -0.3 is 15.1 Å². The van der Waals surface area contributed by atoms with Crippen LogP contribution in [0.2, 0.25) is 0 Å². The Morgan fingerprint density at radius 1 is 1.47 bits per heavy atom. The average molecular weight is 270 g/mol. The van der Waals surface area contributed by atoms with Crippen molar-refractivity contribution < 1.29 is 0 Å². The van der Waals surface area contributed by atoms with Crippen LogP contribution in [-0.2, 0) is 0 Å². The summed E-state index contributed by atoms with van der Waals surface area (Å²) in [5.41, 5.74) is 0. The lowest BCUT2D eigenvalue weighted by molar-refractivity contribution is 0.380. The van der Waals surface area contributed by atoms with Crippen molar-refractivity contribution in [1.29, 1.82) is 0 Å². The fourth-order valence-electron chi connectivity index (χ4n) is 1.82. The van der Waals surface area contributed by atoms with Crippen LogP contribution in [0.4, 0.5) is 5.13 Å². The van der Waals surface area contributed by atoms with E-state index in [1.807, 2.05) is 11.6 Å². The van der Waals surface area contributed by atoms with Gasteiger partial charge in [0, 0.05) is 44.3 Å². The molecule has 1 saturated heterocycles. The second-order valence-electron chi connectivity index (χ2n) is 4.02. The second kappa shape index (κ2) is 6.16. The van der Waals surface area contributed by atoms with Gasteiger partial charge in [-0.15, -0.1) is 11.3 Å². The summed E-state index contributed by atoms with van der Waals surface area (Å²) in [6, 6.07) is 0. The molecule has 0 bridgehead atoms. The van der Waals surface area contributed by atoms with Crippen LogP contribution in [0.15, 0.2) is 11.6 Å². The fraction of sp³-hybridized carbons (Fsp3) is 0.636. The smallest absolute Gasteiger partial charge is 0.185 e. The van der Waals surface area contributed by atoms with E-state index >= 15 is 0 Å². The second-order valence-corrected chi connectivity index (χ2v) is 5.28. The van der Waals surface area contributed by atoms with Gasteiger partial charge in [0.1, 0.15) is 0 Å². The van der Waals surface area contributed by atoms with Gasteiger partial charge in [-0.05, 0) is 18.6 Å². The van der Waals surface area contributed by atoms with E-state index in [-0.39, 0.29) is 0 Å². The molecule has 4 nitrogen and oxygen atoms in total. The van der Waals surface area contributed by atoms with Crippen molar-refractivity contribution in [3.63, 3.8) is 0 Å². The third-order valence-corrected chi connectivity index (χ3v) is 4.02. The predicted octanol–water partition coefficient (Wildman–Crippen LogP) is 1.55. The molecule has 17 heavy (non-hydrogen) atoms. The monoisotopic (exact) mass is 270 g/mol. The van der Waals surface area contributed by atoms with Crippen LogP contribution in [0.1, 0.15) is 13.3 Å². The Hall–Kier alpha value is -0.880. The van der Waals surface area contributed by atoms with E-state index in [4.69, 9.17) is 12.2 Å². The molecule has 94 valence electrons. The Morgan fingerprint density at radius 3 is 2.82 bits per heavy atom. The van der Waals surface area contributed by atoms with Crippen LogP contribution in [-0.4, -0.2) is 47.7 Å². The zero-order chi connectivity index (χ0) is 12.1. The van der Waals surface area contributed by atoms with Gasteiger partial charge in [0.05, 0.1) is 0 Å². The van der Waals surface area contributed by atoms with E-state index in [1.165, 1.54) is 0 Å². The summed E-state index contributed by atoms with van der Waals surface area (Å²) in [7, 11) is 0. The van der Waals surface area contributed by atoms with Crippen molar-refractivity contribution in [2.45, 2.75) is 13.3 Å². The molecule has 2 heterocycles. The van der Waals surface area contributed by atoms with Gasteiger partial charge in [0.2, 0.25) is 0 Å². The number of nitrogens with zero attached hydrogens (tertiary/aromatic N) is 3. The van der Waals surface area contributed by atoms with Crippen LogP contribution < -0.4 is 10.2 Å². The molecule has 0 amide bonds. The third-order valence-electron chi connectivity index (χ3n) is 2.78. The van der Waals surface area contributed by atoms with Crippen molar-refractivity contribution >= 4 is 33.8 Å².